The molecule has 0 aliphatic carbocycles. The van der Waals surface area contributed by atoms with Crippen LogP contribution in [0.15, 0.2) is 23.2 Å². The number of benzene rings is 1. The molecule has 0 atom stereocenters. The van der Waals surface area contributed by atoms with Crippen LogP contribution < -0.4 is 15.4 Å². The predicted octanol–water partition coefficient (Wildman–Crippen LogP) is 2.12. The van der Waals surface area contributed by atoms with Crippen LogP contribution in [0.2, 0.25) is 0 Å². The van der Waals surface area contributed by atoms with Crippen LogP contribution in [-0.4, -0.2) is 25.7 Å². The second-order valence-corrected chi connectivity index (χ2v) is 3.85. The van der Waals surface area contributed by atoms with Crippen molar-refractivity contribution in [2.75, 3.05) is 13.1 Å². The van der Waals surface area contributed by atoms with E-state index in [-0.39, 0.29) is 24.4 Å². The maximum absolute atomic E-state index is 13.7. The minimum atomic E-state index is -3.03. The molecule has 0 saturated heterocycles. The molecule has 21 heavy (non-hydrogen) atoms. The van der Waals surface area contributed by atoms with Gasteiger partial charge in [0.2, 0.25) is 0 Å². The molecule has 1 aromatic carbocycles. The molecular weight excluding hydrogens is 283 g/mol. The van der Waals surface area contributed by atoms with Gasteiger partial charge in [-0.3, -0.25) is 0 Å². The third-order valence-corrected chi connectivity index (χ3v) is 2.39. The van der Waals surface area contributed by atoms with E-state index in [2.05, 4.69) is 26.3 Å². The first-order chi connectivity index (χ1) is 10.1. The van der Waals surface area contributed by atoms with E-state index in [1.165, 1.54) is 12.1 Å². The fourth-order valence-electron chi connectivity index (χ4n) is 1.53. The Bertz CT molecular complexity index is 527. The maximum atomic E-state index is 13.7. The maximum Gasteiger partial charge on any atom is 0.387 e. The van der Waals surface area contributed by atoms with Crippen molar-refractivity contribution in [2.24, 2.45) is 4.99 Å². The van der Waals surface area contributed by atoms with Crippen molar-refractivity contribution in [1.29, 1.82) is 0 Å². The Balaban J connectivity index is 2.91. The fraction of sp³-hybridized carbons (Fsp3) is 0.357. The molecule has 0 spiro atoms. The van der Waals surface area contributed by atoms with Crippen LogP contribution in [0.5, 0.6) is 5.75 Å². The van der Waals surface area contributed by atoms with E-state index >= 15 is 0 Å². The molecule has 0 heterocycles. The molecular formula is C14H16F3N3O. The number of halogens is 3. The molecule has 0 amide bonds. The summed E-state index contributed by atoms with van der Waals surface area (Å²) >= 11 is 0. The molecule has 4 nitrogen and oxygen atoms in total. The van der Waals surface area contributed by atoms with Crippen molar-refractivity contribution >= 4 is 5.96 Å². The van der Waals surface area contributed by atoms with Crippen LogP contribution in [0.25, 0.3) is 0 Å². The Labute approximate surface area is 121 Å². The standard InChI is InChI=1S/C14H16F3N3O/c1-3-8-19-14(18-4-2)20-9-10-11(15)6-5-7-12(10)21-13(16)17/h1,5-7,13H,4,8-9H2,2H3,(H2,18,19,20). The Morgan fingerprint density at radius 1 is 1.43 bits per heavy atom. The summed E-state index contributed by atoms with van der Waals surface area (Å²) in [6, 6.07) is 3.72. The van der Waals surface area contributed by atoms with Crippen molar-refractivity contribution in [2.45, 2.75) is 20.1 Å². The highest BCUT2D eigenvalue weighted by molar-refractivity contribution is 5.80. The lowest BCUT2D eigenvalue weighted by Crippen LogP contribution is -2.37. The monoisotopic (exact) mass is 299 g/mol. The van der Waals surface area contributed by atoms with Crippen molar-refractivity contribution < 1.29 is 17.9 Å². The van der Waals surface area contributed by atoms with Crippen molar-refractivity contribution in [3.8, 4) is 18.1 Å². The smallest absolute Gasteiger partial charge is 0.387 e. The summed E-state index contributed by atoms with van der Waals surface area (Å²) in [6.45, 7) is -0.518. The number of hydrogen-bond acceptors (Lipinski definition) is 2. The van der Waals surface area contributed by atoms with Crippen molar-refractivity contribution in [3.63, 3.8) is 0 Å². The van der Waals surface area contributed by atoms with Gasteiger partial charge >= 0.3 is 6.61 Å². The molecule has 114 valence electrons. The van der Waals surface area contributed by atoms with Crippen molar-refractivity contribution in [1.82, 2.24) is 10.6 Å². The van der Waals surface area contributed by atoms with Gasteiger partial charge in [0, 0.05) is 6.54 Å². The lowest BCUT2D eigenvalue weighted by Gasteiger charge is -2.12. The fourth-order valence-corrected chi connectivity index (χ4v) is 1.53. The summed E-state index contributed by atoms with van der Waals surface area (Å²) in [6.07, 6.45) is 5.12. The summed E-state index contributed by atoms with van der Waals surface area (Å²) in [7, 11) is 0. The molecule has 0 aliphatic heterocycles. The Hall–Kier alpha value is -2.36. The van der Waals surface area contributed by atoms with Gasteiger partial charge in [0.05, 0.1) is 18.7 Å². The van der Waals surface area contributed by atoms with E-state index in [0.717, 1.165) is 6.07 Å². The Kier molecular flexibility index (Phi) is 6.95. The number of nitrogens with zero attached hydrogens (tertiary/aromatic N) is 1. The first kappa shape index (κ1) is 16.7. The Morgan fingerprint density at radius 2 is 2.19 bits per heavy atom. The number of nitrogens with one attached hydrogen (secondary N) is 2. The van der Waals surface area contributed by atoms with Gasteiger partial charge in [-0.05, 0) is 19.1 Å². The summed E-state index contributed by atoms with van der Waals surface area (Å²) < 4.78 is 42.6. The molecule has 0 saturated carbocycles. The molecule has 1 aromatic rings. The molecule has 2 N–H and O–H groups in total. The van der Waals surface area contributed by atoms with Crippen LogP contribution in [0.3, 0.4) is 0 Å². The molecule has 0 bridgehead atoms. The lowest BCUT2D eigenvalue weighted by atomic mass is 10.2. The zero-order chi connectivity index (χ0) is 15.7. The quantitative estimate of drug-likeness (QED) is 0.480. The SMILES string of the molecule is C#CCNC(=NCc1c(F)cccc1OC(F)F)NCC. The first-order valence-corrected chi connectivity index (χ1v) is 6.26. The minimum absolute atomic E-state index is 0.0456. The van der Waals surface area contributed by atoms with Crippen LogP contribution >= 0.6 is 0 Å². The van der Waals surface area contributed by atoms with E-state index < -0.39 is 12.4 Å². The van der Waals surface area contributed by atoms with E-state index in [0.29, 0.717) is 12.5 Å². The van der Waals surface area contributed by atoms with Crippen LogP contribution in [0.4, 0.5) is 13.2 Å². The van der Waals surface area contributed by atoms with Gasteiger partial charge in [0.25, 0.3) is 0 Å². The lowest BCUT2D eigenvalue weighted by molar-refractivity contribution is -0.0506. The Morgan fingerprint density at radius 3 is 2.81 bits per heavy atom. The average Bonchev–Trinajstić information content (AvgIpc) is 2.43. The third kappa shape index (κ3) is 5.65. The van der Waals surface area contributed by atoms with Gasteiger partial charge in [-0.15, -0.1) is 6.42 Å². The normalized spacial score (nSPS) is 11.1. The second-order valence-electron chi connectivity index (χ2n) is 3.85. The van der Waals surface area contributed by atoms with E-state index in [9.17, 15) is 13.2 Å². The summed E-state index contributed by atoms with van der Waals surface area (Å²) in [5, 5.41) is 5.71. The first-order valence-electron chi connectivity index (χ1n) is 6.26. The van der Waals surface area contributed by atoms with E-state index in [1.54, 1.807) is 0 Å². The number of guanidine groups is 1. The second kappa shape index (κ2) is 8.74. The number of alkyl halides is 2. The molecule has 0 fully saturated rings. The van der Waals surface area contributed by atoms with Gasteiger partial charge in [0.15, 0.2) is 5.96 Å². The largest absolute Gasteiger partial charge is 0.434 e. The minimum Gasteiger partial charge on any atom is -0.434 e. The van der Waals surface area contributed by atoms with Crippen molar-refractivity contribution in [3.05, 3.63) is 29.6 Å². The topological polar surface area (TPSA) is 45.7 Å². The molecule has 7 heteroatoms. The van der Waals surface area contributed by atoms with Crippen LogP contribution in [-0.2, 0) is 6.54 Å². The highest BCUT2D eigenvalue weighted by Crippen LogP contribution is 2.24. The zero-order valence-electron chi connectivity index (χ0n) is 11.5. The predicted molar refractivity (Wildman–Crippen MR) is 74.7 cm³/mol. The van der Waals surface area contributed by atoms with Gasteiger partial charge in [-0.2, -0.15) is 8.78 Å². The molecule has 0 unspecified atom stereocenters. The molecule has 0 aliphatic rings. The van der Waals surface area contributed by atoms with Crippen LogP contribution in [0, 0.1) is 18.2 Å². The third-order valence-electron chi connectivity index (χ3n) is 2.39. The average molecular weight is 299 g/mol. The number of hydrogen-bond donors (Lipinski definition) is 2. The van der Waals surface area contributed by atoms with Crippen LogP contribution in [0.1, 0.15) is 12.5 Å². The van der Waals surface area contributed by atoms with E-state index in [4.69, 9.17) is 6.42 Å². The molecule has 0 radical (unpaired) electrons. The molecule has 0 aromatic heterocycles. The molecule has 1 rings (SSSR count). The van der Waals surface area contributed by atoms with Gasteiger partial charge < -0.3 is 15.4 Å². The number of terminal acetylenes is 1. The zero-order valence-corrected chi connectivity index (χ0v) is 11.5. The highest BCUT2D eigenvalue weighted by Gasteiger charge is 2.13. The summed E-state index contributed by atoms with van der Waals surface area (Å²) in [5.74, 6) is 1.84. The van der Waals surface area contributed by atoms with E-state index in [1.807, 2.05) is 6.92 Å². The van der Waals surface area contributed by atoms with Gasteiger partial charge in [-0.1, -0.05) is 12.0 Å². The number of ether oxygens (including phenoxy) is 1. The number of aliphatic imine (C=N–C) groups is 1. The van der Waals surface area contributed by atoms with Gasteiger partial charge in [0.1, 0.15) is 11.6 Å². The van der Waals surface area contributed by atoms with Gasteiger partial charge in [-0.25, -0.2) is 9.38 Å². The summed E-state index contributed by atoms with van der Waals surface area (Å²) in [5.41, 5.74) is -0.0456. The number of rotatable bonds is 6. The summed E-state index contributed by atoms with van der Waals surface area (Å²) in [4.78, 5) is 4.08. The highest BCUT2D eigenvalue weighted by atomic mass is 19.3.